The molecule has 35 heavy (non-hydrogen) atoms. The first kappa shape index (κ1) is 25.8. The van der Waals surface area contributed by atoms with Crippen molar-refractivity contribution >= 4 is 63.2 Å². The molecule has 0 saturated carbocycles. The predicted molar refractivity (Wildman–Crippen MR) is 142 cm³/mol. The Hall–Kier alpha value is -2.33. The minimum absolute atomic E-state index is 0.0935. The van der Waals surface area contributed by atoms with Gasteiger partial charge in [-0.25, -0.2) is 4.79 Å². The summed E-state index contributed by atoms with van der Waals surface area (Å²) in [5, 5.41) is 13.5. The quantitative estimate of drug-likeness (QED) is 0.206. The van der Waals surface area contributed by atoms with E-state index in [0.29, 0.717) is 44.1 Å². The van der Waals surface area contributed by atoms with Crippen molar-refractivity contribution in [1.82, 2.24) is 14.8 Å². The van der Waals surface area contributed by atoms with Crippen LogP contribution in [0, 0.1) is 5.92 Å². The van der Waals surface area contributed by atoms with Crippen molar-refractivity contribution in [3.8, 4) is 11.4 Å². The lowest BCUT2D eigenvalue weighted by atomic mass is 9.88. The number of carbonyl (C=O) groups excluding carboxylic acids is 2. The number of aromatic nitrogens is 3. The zero-order chi connectivity index (χ0) is 25.1. The van der Waals surface area contributed by atoms with Crippen LogP contribution in [-0.4, -0.2) is 39.5 Å². The topological polar surface area (TPSA) is 86.1 Å². The van der Waals surface area contributed by atoms with Crippen molar-refractivity contribution in [2.75, 3.05) is 18.2 Å². The van der Waals surface area contributed by atoms with Gasteiger partial charge in [-0.2, -0.15) is 0 Å². The molecule has 0 aliphatic heterocycles. The fourth-order valence-corrected chi connectivity index (χ4v) is 6.45. The number of methoxy groups -OCH3 is 1. The normalized spacial score (nSPS) is 14.9. The molecule has 0 saturated heterocycles. The van der Waals surface area contributed by atoms with Crippen LogP contribution in [0.4, 0.5) is 5.00 Å². The van der Waals surface area contributed by atoms with Crippen LogP contribution in [0.5, 0.6) is 0 Å². The highest BCUT2D eigenvalue weighted by atomic mass is 35.5. The molecular formula is C24H24Cl2N4O3S2. The Kier molecular flexibility index (Phi) is 8.21. The standard InChI is InChI=1S/C24H24Cl2N4O3S2/c1-4-9-30-21(14-6-8-16(25)17(26)11-14)28-29-24(30)34-12-19(31)27-22-20(23(32)33-3)15-7-5-13(2)10-18(15)35-22/h4,6,8,11,13H,1,5,7,9-10,12H2,2-3H3,(H,27,31). The number of rotatable bonds is 8. The number of ether oxygens (including phenoxy) is 1. The van der Waals surface area contributed by atoms with Crippen molar-refractivity contribution < 1.29 is 14.3 Å². The van der Waals surface area contributed by atoms with E-state index in [1.54, 1.807) is 18.2 Å². The van der Waals surface area contributed by atoms with Crippen molar-refractivity contribution in [3.05, 3.63) is 56.9 Å². The molecule has 2 heterocycles. The summed E-state index contributed by atoms with van der Waals surface area (Å²) >= 11 is 14.9. The van der Waals surface area contributed by atoms with Crippen LogP contribution >= 0.6 is 46.3 Å². The largest absolute Gasteiger partial charge is 0.465 e. The molecule has 3 aromatic rings. The number of amides is 1. The highest BCUT2D eigenvalue weighted by Crippen LogP contribution is 2.40. The minimum atomic E-state index is -0.419. The van der Waals surface area contributed by atoms with Gasteiger partial charge in [-0.3, -0.25) is 9.36 Å². The molecule has 184 valence electrons. The molecule has 4 rings (SSSR count). The average Bonchev–Trinajstić information content (AvgIpc) is 3.39. The molecule has 0 radical (unpaired) electrons. The molecule has 0 spiro atoms. The zero-order valence-corrected chi connectivity index (χ0v) is 22.4. The maximum atomic E-state index is 12.9. The highest BCUT2D eigenvalue weighted by molar-refractivity contribution is 7.99. The lowest BCUT2D eigenvalue weighted by molar-refractivity contribution is -0.113. The maximum absolute atomic E-state index is 12.9. The molecule has 0 fully saturated rings. The van der Waals surface area contributed by atoms with E-state index in [1.807, 2.05) is 10.6 Å². The van der Waals surface area contributed by atoms with Crippen LogP contribution in [-0.2, 0) is 28.9 Å². The van der Waals surface area contributed by atoms with Crippen LogP contribution in [0.25, 0.3) is 11.4 Å². The van der Waals surface area contributed by atoms with Gasteiger partial charge in [0.25, 0.3) is 0 Å². The fraction of sp³-hybridized carbons (Fsp3) is 0.333. The van der Waals surface area contributed by atoms with Gasteiger partial charge < -0.3 is 10.1 Å². The fourth-order valence-electron chi connectivity index (χ4n) is 3.99. The molecule has 1 aromatic carbocycles. The number of thiophene rings is 1. The Balaban J connectivity index is 1.51. The van der Waals surface area contributed by atoms with Crippen LogP contribution < -0.4 is 5.32 Å². The number of esters is 1. The van der Waals surface area contributed by atoms with Crippen LogP contribution in [0.1, 0.15) is 34.1 Å². The number of anilines is 1. The molecule has 2 aromatic heterocycles. The molecular weight excluding hydrogens is 527 g/mol. The van der Waals surface area contributed by atoms with Gasteiger partial charge in [0, 0.05) is 17.0 Å². The van der Waals surface area contributed by atoms with E-state index in [0.717, 1.165) is 35.3 Å². The summed E-state index contributed by atoms with van der Waals surface area (Å²) in [6.45, 7) is 6.46. The van der Waals surface area contributed by atoms with E-state index in [-0.39, 0.29) is 11.7 Å². The van der Waals surface area contributed by atoms with Gasteiger partial charge in [-0.05, 0) is 48.9 Å². The Labute approximate surface area is 221 Å². The van der Waals surface area contributed by atoms with E-state index in [1.165, 1.54) is 30.2 Å². The van der Waals surface area contributed by atoms with Gasteiger partial charge in [0.2, 0.25) is 5.91 Å². The van der Waals surface area contributed by atoms with E-state index < -0.39 is 5.97 Å². The van der Waals surface area contributed by atoms with Crippen molar-refractivity contribution in [1.29, 1.82) is 0 Å². The highest BCUT2D eigenvalue weighted by Gasteiger charge is 2.29. The van der Waals surface area contributed by atoms with Gasteiger partial charge in [-0.15, -0.1) is 28.1 Å². The molecule has 11 heteroatoms. The number of nitrogens with zero attached hydrogens (tertiary/aromatic N) is 3. The second kappa shape index (κ2) is 11.2. The Morgan fingerprint density at radius 2 is 2.14 bits per heavy atom. The predicted octanol–water partition coefficient (Wildman–Crippen LogP) is 6.14. The van der Waals surface area contributed by atoms with Gasteiger partial charge in [0.1, 0.15) is 5.00 Å². The van der Waals surface area contributed by atoms with Crippen LogP contribution in [0.15, 0.2) is 36.0 Å². The summed E-state index contributed by atoms with van der Waals surface area (Å²) in [5.74, 6) is 0.579. The van der Waals surface area contributed by atoms with Crippen molar-refractivity contribution in [3.63, 3.8) is 0 Å². The summed E-state index contributed by atoms with van der Waals surface area (Å²) in [4.78, 5) is 26.5. The maximum Gasteiger partial charge on any atom is 0.341 e. The van der Waals surface area contributed by atoms with Gasteiger partial charge in [-0.1, -0.05) is 48.0 Å². The first-order valence-corrected chi connectivity index (χ1v) is 13.5. The summed E-state index contributed by atoms with van der Waals surface area (Å²) in [5.41, 5.74) is 2.24. The van der Waals surface area contributed by atoms with E-state index in [2.05, 4.69) is 29.0 Å². The van der Waals surface area contributed by atoms with E-state index in [4.69, 9.17) is 27.9 Å². The van der Waals surface area contributed by atoms with E-state index in [9.17, 15) is 9.59 Å². The molecule has 1 atom stereocenters. The third kappa shape index (κ3) is 5.58. The Bertz CT molecular complexity index is 1290. The van der Waals surface area contributed by atoms with Crippen LogP contribution in [0.2, 0.25) is 10.0 Å². The Morgan fingerprint density at radius 3 is 2.86 bits per heavy atom. The van der Waals surface area contributed by atoms with E-state index >= 15 is 0 Å². The number of thioether (sulfide) groups is 1. The average molecular weight is 552 g/mol. The summed E-state index contributed by atoms with van der Waals surface area (Å²) in [6.07, 6.45) is 4.45. The number of carbonyl (C=O) groups is 2. The third-order valence-electron chi connectivity index (χ3n) is 5.69. The summed E-state index contributed by atoms with van der Waals surface area (Å²) in [7, 11) is 1.36. The molecule has 1 N–H and O–H groups in total. The van der Waals surface area contributed by atoms with Gasteiger partial charge in [0.15, 0.2) is 11.0 Å². The first-order valence-electron chi connectivity index (χ1n) is 11.0. The first-order chi connectivity index (χ1) is 16.8. The zero-order valence-electron chi connectivity index (χ0n) is 19.3. The van der Waals surface area contributed by atoms with Crippen molar-refractivity contribution in [2.45, 2.75) is 37.9 Å². The molecule has 7 nitrogen and oxygen atoms in total. The number of allylic oxidation sites excluding steroid dienone is 1. The molecule has 1 aliphatic carbocycles. The molecule has 1 aliphatic rings. The minimum Gasteiger partial charge on any atom is -0.465 e. The Morgan fingerprint density at radius 1 is 1.34 bits per heavy atom. The summed E-state index contributed by atoms with van der Waals surface area (Å²) < 4.78 is 6.86. The third-order valence-corrected chi connectivity index (χ3v) is 8.57. The van der Waals surface area contributed by atoms with Gasteiger partial charge in [0.05, 0.1) is 28.5 Å². The molecule has 1 amide bonds. The lowest BCUT2D eigenvalue weighted by Gasteiger charge is -2.18. The number of fused-ring (bicyclic) bond motifs is 1. The second-order valence-corrected chi connectivity index (χ2v) is 11.1. The lowest BCUT2D eigenvalue weighted by Crippen LogP contribution is -2.17. The number of nitrogens with one attached hydrogen (secondary N) is 1. The second-order valence-electron chi connectivity index (χ2n) is 8.22. The number of benzene rings is 1. The summed E-state index contributed by atoms with van der Waals surface area (Å²) in [6, 6.07) is 5.24. The van der Waals surface area contributed by atoms with Gasteiger partial charge >= 0.3 is 5.97 Å². The number of hydrogen-bond acceptors (Lipinski definition) is 7. The smallest absolute Gasteiger partial charge is 0.341 e. The number of hydrogen-bond donors (Lipinski definition) is 1. The SMILES string of the molecule is C=CCn1c(SCC(=O)Nc2sc3c(c2C(=O)OC)CCC(C)C3)nnc1-c1ccc(Cl)c(Cl)c1. The molecule has 0 bridgehead atoms. The number of halogens is 2. The monoisotopic (exact) mass is 550 g/mol. The van der Waals surface area contributed by atoms with Crippen LogP contribution in [0.3, 0.4) is 0 Å². The van der Waals surface area contributed by atoms with Crippen molar-refractivity contribution in [2.24, 2.45) is 5.92 Å². The molecule has 1 unspecified atom stereocenters.